The van der Waals surface area contributed by atoms with E-state index in [9.17, 15) is 9.59 Å². The van der Waals surface area contributed by atoms with Crippen molar-refractivity contribution in [3.8, 4) is 23.0 Å². The molecule has 1 aromatic carbocycles. The standard InChI is InChI=1S/C15H14N4O5S/c1-2-5-16-14(21)17-12(20)7-25-15-19-18-13(24-15)9-3-4-10-11(6-9)23-8-22-10/h2-4,6H,1,5,7-8H2,(H2,16,17,20,21). The molecule has 1 aliphatic heterocycles. The molecule has 130 valence electrons. The van der Waals surface area contributed by atoms with Gasteiger partial charge >= 0.3 is 6.03 Å². The fourth-order valence-electron chi connectivity index (χ4n) is 1.91. The zero-order chi connectivity index (χ0) is 17.6. The molecular formula is C15H14N4O5S. The largest absolute Gasteiger partial charge is 0.454 e. The summed E-state index contributed by atoms with van der Waals surface area (Å²) in [6, 6.07) is 4.67. The number of urea groups is 1. The molecule has 2 N–H and O–H groups in total. The normalized spacial score (nSPS) is 11.8. The average Bonchev–Trinajstić information content (AvgIpc) is 3.26. The maximum atomic E-state index is 11.7. The molecule has 0 radical (unpaired) electrons. The van der Waals surface area contributed by atoms with Crippen molar-refractivity contribution in [3.63, 3.8) is 0 Å². The minimum atomic E-state index is -0.586. The van der Waals surface area contributed by atoms with Crippen LogP contribution in [0.1, 0.15) is 0 Å². The first kappa shape index (κ1) is 16.8. The van der Waals surface area contributed by atoms with Crippen molar-refractivity contribution in [1.82, 2.24) is 20.8 Å². The molecule has 0 aliphatic carbocycles. The summed E-state index contributed by atoms with van der Waals surface area (Å²) in [7, 11) is 0. The first-order valence-electron chi connectivity index (χ1n) is 7.20. The van der Waals surface area contributed by atoms with E-state index in [1.165, 1.54) is 6.08 Å². The van der Waals surface area contributed by atoms with Crippen molar-refractivity contribution in [2.45, 2.75) is 5.22 Å². The highest BCUT2D eigenvalue weighted by Crippen LogP contribution is 2.35. The number of benzene rings is 1. The van der Waals surface area contributed by atoms with Crippen LogP contribution in [0.2, 0.25) is 0 Å². The zero-order valence-corrected chi connectivity index (χ0v) is 13.8. The molecule has 0 atom stereocenters. The molecule has 0 fully saturated rings. The number of thioether (sulfide) groups is 1. The van der Waals surface area contributed by atoms with E-state index in [-0.39, 0.29) is 24.3 Å². The number of nitrogens with zero attached hydrogens (tertiary/aromatic N) is 2. The Morgan fingerprint density at radius 2 is 2.12 bits per heavy atom. The van der Waals surface area contributed by atoms with Crippen LogP contribution in [0.4, 0.5) is 4.79 Å². The van der Waals surface area contributed by atoms with Crippen molar-refractivity contribution in [2.24, 2.45) is 0 Å². The zero-order valence-electron chi connectivity index (χ0n) is 13.0. The Morgan fingerprint density at radius 1 is 1.28 bits per heavy atom. The Kier molecular flexibility index (Phi) is 5.19. The van der Waals surface area contributed by atoms with Crippen molar-refractivity contribution < 1.29 is 23.5 Å². The lowest BCUT2D eigenvalue weighted by molar-refractivity contribution is -0.117. The smallest absolute Gasteiger partial charge is 0.321 e. The van der Waals surface area contributed by atoms with Gasteiger partial charge in [0.1, 0.15) is 0 Å². The maximum absolute atomic E-state index is 11.7. The van der Waals surface area contributed by atoms with Crippen LogP contribution < -0.4 is 20.1 Å². The number of hydrogen-bond donors (Lipinski definition) is 2. The third-order valence-corrected chi connectivity index (χ3v) is 3.83. The van der Waals surface area contributed by atoms with E-state index in [1.54, 1.807) is 18.2 Å². The molecule has 1 aromatic heterocycles. The van der Waals surface area contributed by atoms with Crippen molar-refractivity contribution in [3.05, 3.63) is 30.9 Å². The van der Waals surface area contributed by atoms with Crippen molar-refractivity contribution in [1.29, 1.82) is 0 Å². The van der Waals surface area contributed by atoms with Gasteiger partial charge in [0, 0.05) is 12.1 Å². The molecule has 10 heteroatoms. The van der Waals surface area contributed by atoms with Crippen LogP contribution in [-0.2, 0) is 4.79 Å². The number of aromatic nitrogens is 2. The number of rotatable bonds is 6. The quantitative estimate of drug-likeness (QED) is 0.588. The summed E-state index contributed by atoms with van der Waals surface area (Å²) in [5.41, 5.74) is 0.678. The van der Waals surface area contributed by atoms with E-state index >= 15 is 0 Å². The summed E-state index contributed by atoms with van der Waals surface area (Å²) < 4.78 is 16.0. The Morgan fingerprint density at radius 3 is 2.96 bits per heavy atom. The first-order chi connectivity index (χ1) is 12.2. The van der Waals surface area contributed by atoms with Crippen LogP contribution in [-0.4, -0.2) is 41.2 Å². The highest BCUT2D eigenvalue weighted by Gasteiger charge is 2.17. The van der Waals surface area contributed by atoms with E-state index in [1.807, 2.05) is 0 Å². The molecule has 25 heavy (non-hydrogen) atoms. The summed E-state index contributed by atoms with van der Waals surface area (Å²) in [6.07, 6.45) is 1.51. The van der Waals surface area contributed by atoms with E-state index < -0.39 is 11.9 Å². The lowest BCUT2D eigenvalue weighted by Crippen LogP contribution is -2.40. The Hall–Kier alpha value is -3.01. The number of nitrogens with one attached hydrogen (secondary N) is 2. The molecule has 2 heterocycles. The lowest BCUT2D eigenvalue weighted by atomic mass is 10.2. The van der Waals surface area contributed by atoms with Crippen LogP contribution in [0.5, 0.6) is 11.5 Å². The molecule has 3 amide bonds. The third-order valence-electron chi connectivity index (χ3n) is 3.01. The number of carbonyl (C=O) groups excluding carboxylic acids is 2. The van der Waals surface area contributed by atoms with Gasteiger partial charge in [-0.15, -0.1) is 16.8 Å². The van der Waals surface area contributed by atoms with Gasteiger partial charge in [0.05, 0.1) is 5.75 Å². The van der Waals surface area contributed by atoms with Crippen LogP contribution in [0.3, 0.4) is 0 Å². The summed E-state index contributed by atoms with van der Waals surface area (Å²) >= 11 is 1.03. The maximum Gasteiger partial charge on any atom is 0.321 e. The van der Waals surface area contributed by atoms with Gasteiger partial charge in [0.2, 0.25) is 18.6 Å². The van der Waals surface area contributed by atoms with Gasteiger partial charge < -0.3 is 19.2 Å². The van der Waals surface area contributed by atoms with E-state index in [4.69, 9.17) is 13.9 Å². The average molecular weight is 362 g/mol. The second kappa shape index (κ2) is 7.71. The number of ether oxygens (including phenoxy) is 2. The fourth-order valence-corrected chi connectivity index (χ4v) is 2.48. The number of amides is 3. The third kappa shape index (κ3) is 4.29. The van der Waals surface area contributed by atoms with Gasteiger partial charge in [0.15, 0.2) is 11.5 Å². The molecule has 1 aliphatic rings. The summed E-state index contributed by atoms with van der Waals surface area (Å²) in [6.45, 7) is 3.91. The SMILES string of the molecule is C=CCNC(=O)NC(=O)CSc1nnc(-c2ccc3c(c2)OCO3)o1. The molecule has 0 unspecified atom stereocenters. The molecule has 0 spiro atoms. The molecular weight excluding hydrogens is 348 g/mol. The number of imide groups is 1. The summed E-state index contributed by atoms with van der Waals surface area (Å²) in [5.74, 6) is 1.04. The van der Waals surface area contributed by atoms with Gasteiger partial charge in [0.25, 0.3) is 5.22 Å². The van der Waals surface area contributed by atoms with Gasteiger partial charge in [-0.05, 0) is 18.2 Å². The van der Waals surface area contributed by atoms with Crippen LogP contribution in [0.15, 0.2) is 40.5 Å². The number of carbonyl (C=O) groups is 2. The monoisotopic (exact) mass is 362 g/mol. The molecule has 3 rings (SSSR count). The first-order valence-corrected chi connectivity index (χ1v) is 8.19. The summed E-state index contributed by atoms with van der Waals surface area (Å²) in [5, 5.41) is 12.6. The van der Waals surface area contributed by atoms with Crippen LogP contribution in [0.25, 0.3) is 11.5 Å². The Bertz CT molecular complexity index is 807. The molecule has 2 aromatic rings. The van der Waals surface area contributed by atoms with Gasteiger partial charge in [-0.2, -0.15) is 0 Å². The van der Waals surface area contributed by atoms with Gasteiger partial charge in [-0.25, -0.2) is 4.79 Å². The molecule has 9 nitrogen and oxygen atoms in total. The highest BCUT2D eigenvalue weighted by molar-refractivity contribution is 7.99. The molecule has 0 saturated heterocycles. The van der Waals surface area contributed by atoms with E-state index in [2.05, 4.69) is 27.4 Å². The van der Waals surface area contributed by atoms with Crippen LogP contribution >= 0.6 is 11.8 Å². The van der Waals surface area contributed by atoms with E-state index in [0.29, 0.717) is 23.0 Å². The Labute approximate surface area is 146 Å². The Balaban J connectivity index is 1.54. The second-order valence-corrected chi connectivity index (χ2v) is 5.70. The topological polar surface area (TPSA) is 116 Å². The van der Waals surface area contributed by atoms with Crippen molar-refractivity contribution in [2.75, 3.05) is 19.1 Å². The lowest BCUT2D eigenvalue weighted by Gasteiger charge is -2.03. The molecule has 0 bridgehead atoms. The second-order valence-electron chi connectivity index (χ2n) is 4.78. The molecule has 0 saturated carbocycles. The van der Waals surface area contributed by atoms with Gasteiger partial charge in [-0.3, -0.25) is 10.1 Å². The van der Waals surface area contributed by atoms with E-state index in [0.717, 1.165) is 11.8 Å². The fraction of sp³-hybridized carbons (Fsp3) is 0.200. The minimum Gasteiger partial charge on any atom is -0.454 e. The highest BCUT2D eigenvalue weighted by atomic mass is 32.2. The predicted molar refractivity (Wildman–Crippen MR) is 88.3 cm³/mol. The predicted octanol–water partition coefficient (Wildman–Crippen LogP) is 1.57. The van der Waals surface area contributed by atoms with Crippen LogP contribution in [0, 0.1) is 0 Å². The van der Waals surface area contributed by atoms with Gasteiger partial charge in [-0.1, -0.05) is 17.8 Å². The summed E-state index contributed by atoms with van der Waals surface area (Å²) in [4.78, 5) is 23.0. The van der Waals surface area contributed by atoms with Crippen molar-refractivity contribution >= 4 is 23.7 Å². The minimum absolute atomic E-state index is 0.0374. The number of fused-ring (bicyclic) bond motifs is 1. The number of hydrogen-bond acceptors (Lipinski definition) is 8.